The molecule has 0 aliphatic heterocycles. The number of benzene rings is 1. The summed E-state index contributed by atoms with van der Waals surface area (Å²) in [6.07, 6.45) is -0.237. The van der Waals surface area contributed by atoms with E-state index in [1.807, 2.05) is 0 Å². The summed E-state index contributed by atoms with van der Waals surface area (Å²) in [5.74, 6) is -1.47. The van der Waals surface area contributed by atoms with Crippen LogP contribution >= 0.6 is 0 Å². The predicted molar refractivity (Wildman–Crippen MR) is 57.5 cm³/mol. The summed E-state index contributed by atoms with van der Waals surface area (Å²) in [6, 6.07) is 4.58. The van der Waals surface area contributed by atoms with Crippen LogP contribution in [0.5, 0.6) is 11.5 Å². The Bertz CT molecular complexity index is 426. The Balaban J connectivity index is 2.93. The molecule has 2 N–H and O–H groups in total. The van der Waals surface area contributed by atoms with Gasteiger partial charge in [0.1, 0.15) is 11.5 Å². The standard InChI is InChI=1S/C11H12O6/c1-16-8-3-2-7(4-10(12)13)9(5-8)17-6-11(14)15/h2-3,5H,4,6H2,1H3,(H,12,13)(H,14,15). The highest BCUT2D eigenvalue weighted by molar-refractivity contribution is 5.72. The van der Waals surface area contributed by atoms with Gasteiger partial charge >= 0.3 is 11.9 Å². The molecule has 92 valence electrons. The molecule has 0 amide bonds. The molecule has 0 spiro atoms. The van der Waals surface area contributed by atoms with E-state index in [9.17, 15) is 9.59 Å². The second kappa shape index (κ2) is 5.74. The number of hydrogen-bond acceptors (Lipinski definition) is 4. The van der Waals surface area contributed by atoms with Crippen molar-refractivity contribution in [3.8, 4) is 11.5 Å². The van der Waals surface area contributed by atoms with E-state index in [1.165, 1.54) is 19.2 Å². The third kappa shape index (κ3) is 4.02. The molecule has 6 heteroatoms. The molecule has 0 unspecified atom stereocenters. The van der Waals surface area contributed by atoms with Crippen LogP contribution in [0.1, 0.15) is 5.56 Å². The van der Waals surface area contributed by atoms with E-state index in [2.05, 4.69) is 0 Å². The molecule has 1 aromatic carbocycles. The fraction of sp³-hybridized carbons (Fsp3) is 0.273. The minimum Gasteiger partial charge on any atom is -0.497 e. The van der Waals surface area contributed by atoms with Crippen LogP contribution in [-0.4, -0.2) is 35.9 Å². The molecule has 17 heavy (non-hydrogen) atoms. The van der Waals surface area contributed by atoms with Gasteiger partial charge in [-0.2, -0.15) is 0 Å². The van der Waals surface area contributed by atoms with Crippen molar-refractivity contribution in [2.24, 2.45) is 0 Å². The molecule has 0 aromatic heterocycles. The zero-order valence-corrected chi connectivity index (χ0v) is 9.17. The lowest BCUT2D eigenvalue weighted by Gasteiger charge is -2.10. The highest BCUT2D eigenvalue weighted by Crippen LogP contribution is 2.25. The number of carbonyl (C=O) groups is 2. The van der Waals surface area contributed by atoms with E-state index >= 15 is 0 Å². The molecule has 0 saturated carbocycles. The Morgan fingerprint density at radius 3 is 2.47 bits per heavy atom. The lowest BCUT2D eigenvalue weighted by Crippen LogP contribution is -2.11. The smallest absolute Gasteiger partial charge is 0.341 e. The second-order valence-electron chi connectivity index (χ2n) is 3.23. The van der Waals surface area contributed by atoms with E-state index in [1.54, 1.807) is 6.07 Å². The Labute approximate surface area is 97.4 Å². The maximum Gasteiger partial charge on any atom is 0.341 e. The number of rotatable bonds is 6. The van der Waals surface area contributed by atoms with Gasteiger partial charge in [-0.15, -0.1) is 0 Å². The van der Waals surface area contributed by atoms with Crippen molar-refractivity contribution >= 4 is 11.9 Å². The van der Waals surface area contributed by atoms with E-state index in [0.29, 0.717) is 11.3 Å². The SMILES string of the molecule is COc1ccc(CC(=O)O)c(OCC(=O)O)c1. The van der Waals surface area contributed by atoms with Crippen LogP contribution in [0.25, 0.3) is 0 Å². The summed E-state index contributed by atoms with van der Waals surface area (Å²) >= 11 is 0. The van der Waals surface area contributed by atoms with Crippen molar-refractivity contribution in [1.29, 1.82) is 0 Å². The van der Waals surface area contributed by atoms with E-state index in [0.717, 1.165) is 0 Å². The summed E-state index contributed by atoms with van der Waals surface area (Å²) in [4.78, 5) is 21.0. The molecule has 0 radical (unpaired) electrons. The van der Waals surface area contributed by atoms with Gasteiger partial charge in [-0.3, -0.25) is 4.79 Å². The highest BCUT2D eigenvalue weighted by atomic mass is 16.5. The molecule has 0 atom stereocenters. The summed E-state index contributed by atoms with van der Waals surface area (Å²) < 4.78 is 9.95. The summed E-state index contributed by atoms with van der Waals surface area (Å²) in [6.45, 7) is -0.528. The number of aliphatic carboxylic acids is 2. The molecular weight excluding hydrogens is 228 g/mol. The first-order chi connectivity index (χ1) is 8.02. The number of carboxylic acid groups (broad SMARTS) is 2. The zero-order chi connectivity index (χ0) is 12.8. The van der Waals surface area contributed by atoms with Crippen molar-refractivity contribution in [1.82, 2.24) is 0 Å². The van der Waals surface area contributed by atoms with Crippen molar-refractivity contribution in [2.45, 2.75) is 6.42 Å². The second-order valence-corrected chi connectivity index (χ2v) is 3.23. The Kier molecular flexibility index (Phi) is 4.33. The average molecular weight is 240 g/mol. The van der Waals surface area contributed by atoms with Crippen molar-refractivity contribution in [3.05, 3.63) is 23.8 Å². The van der Waals surface area contributed by atoms with Gasteiger partial charge in [0.15, 0.2) is 6.61 Å². The number of carboxylic acids is 2. The van der Waals surface area contributed by atoms with Crippen molar-refractivity contribution in [3.63, 3.8) is 0 Å². The molecule has 1 rings (SSSR count). The van der Waals surface area contributed by atoms with Crippen LogP contribution in [-0.2, 0) is 16.0 Å². The van der Waals surface area contributed by atoms with Gasteiger partial charge in [-0.05, 0) is 6.07 Å². The van der Waals surface area contributed by atoms with Gasteiger partial charge in [0, 0.05) is 11.6 Å². The third-order valence-corrected chi connectivity index (χ3v) is 1.97. The van der Waals surface area contributed by atoms with Crippen LogP contribution in [0, 0.1) is 0 Å². The highest BCUT2D eigenvalue weighted by Gasteiger charge is 2.10. The maximum atomic E-state index is 10.6. The van der Waals surface area contributed by atoms with E-state index < -0.39 is 18.5 Å². The molecular formula is C11H12O6. The third-order valence-electron chi connectivity index (χ3n) is 1.97. The molecule has 0 fully saturated rings. The first-order valence-corrected chi connectivity index (χ1v) is 4.76. The van der Waals surface area contributed by atoms with Gasteiger partial charge < -0.3 is 19.7 Å². The monoisotopic (exact) mass is 240 g/mol. The maximum absolute atomic E-state index is 10.6. The first-order valence-electron chi connectivity index (χ1n) is 4.76. The Morgan fingerprint density at radius 2 is 1.94 bits per heavy atom. The lowest BCUT2D eigenvalue weighted by atomic mass is 10.1. The van der Waals surface area contributed by atoms with Crippen LogP contribution in [0.15, 0.2) is 18.2 Å². The van der Waals surface area contributed by atoms with Crippen molar-refractivity contribution in [2.75, 3.05) is 13.7 Å². The molecule has 0 aliphatic carbocycles. The number of hydrogen-bond donors (Lipinski definition) is 2. The van der Waals surface area contributed by atoms with Gasteiger partial charge in [0.2, 0.25) is 0 Å². The molecule has 0 bridgehead atoms. The largest absolute Gasteiger partial charge is 0.497 e. The topological polar surface area (TPSA) is 93.1 Å². The van der Waals surface area contributed by atoms with E-state index in [4.69, 9.17) is 19.7 Å². The minimum atomic E-state index is -1.13. The van der Waals surface area contributed by atoms with Crippen LogP contribution in [0.4, 0.5) is 0 Å². The number of methoxy groups -OCH3 is 1. The van der Waals surface area contributed by atoms with Gasteiger partial charge in [0.05, 0.1) is 13.5 Å². The fourth-order valence-corrected chi connectivity index (χ4v) is 1.24. The summed E-state index contributed by atoms with van der Waals surface area (Å²) in [7, 11) is 1.45. The molecule has 1 aromatic rings. The molecule has 0 aliphatic rings. The normalized spacial score (nSPS) is 9.71. The quantitative estimate of drug-likeness (QED) is 0.763. The molecule has 6 nitrogen and oxygen atoms in total. The summed E-state index contributed by atoms with van der Waals surface area (Å²) in [5.41, 5.74) is 0.402. The Morgan fingerprint density at radius 1 is 1.24 bits per heavy atom. The first kappa shape index (κ1) is 12.8. The van der Waals surface area contributed by atoms with E-state index in [-0.39, 0.29) is 12.2 Å². The van der Waals surface area contributed by atoms with Gasteiger partial charge in [-0.1, -0.05) is 6.07 Å². The van der Waals surface area contributed by atoms with Gasteiger partial charge in [0.25, 0.3) is 0 Å². The van der Waals surface area contributed by atoms with Crippen molar-refractivity contribution < 1.29 is 29.3 Å². The number of ether oxygens (including phenoxy) is 2. The molecule has 0 heterocycles. The molecule has 0 saturated heterocycles. The minimum absolute atomic E-state index is 0.203. The summed E-state index contributed by atoms with van der Waals surface area (Å²) in [5, 5.41) is 17.2. The average Bonchev–Trinajstić information content (AvgIpc) is 2.27. The zero-order valence-electron chi connectivity index (χ0n) is 9.17. The Hall–Kier alpha value is -2.24. The predicted octanol–water partition coefficient (Wildman–Crippen LogP) is 0.786. The van der Waals surface area contributed by atoms with Gasteiger partial charge in [-0.25, -0.2) is 4.79 Å². The van der Waals surface area contributed by atoms with Crippen LogP contribution in [0.3, 0.4) is 0 Å². The fourth-order valence-electron chi connectivity index (χ4n) is 1.24. The van der Waals surface area contributed by atoms with Crippen LogP contribution < -0.4 is 9.47 Å². The lowest BCUT2D eigenvalue weighted by molar-refractivity contribution is -0.139. The van der Waals surface area contributed by atoms with Crippen LogP contribution in [0.2, 0.25) is 0 Å².